The van der Waals surface area contributed by atoms with Crippen LogP contribution in [0, 0.1) is 0 Å². The molecule has 12 heteroatoms. The lowest BCUT2D eigenvalue weighted by atomic mass is 10.2. The third kappa shape index (κ3) is 4.45. The monoisotopic (exact) mass is 443 g/mol. The fourth-order valence-electron chi connectivity index (χ4n) is 3.69. The van der Waals surface area contributed by atoms with Crippen LogP contribution < -0.4 is 10.9 Å². The molecule has 3 rings (SSSR count). The topological polar surface area (TPSA) is 141 Å². The van der Waals surface area contributed by atoms with E-state index in [4.69, 9.17) is 13.8 Å². The van der Waals surface area contributed by atoms with E-state index in [1.165, 1.54) is 13.4 Å². The number of nitrogens with one attached hydrogen (secondary N) is 2. The van der Waals surface area contributed by atoms with Gasteiger partial charge in [-0.25, -0.2) is 4.98 Å². The van der Waals surface area contributed by atoms with Gasteiger partial charge in [0.25, 0.3) is 5.56 Å². The fraction of sp³-hybridized carbons (Fsp3) is 0.722. The molecule has 0 amide bonds. The Bertz CT molecular complexity index is 962. The molecule has 0 spiro atoms. The quantitative estimate of drug-likeness (QED) is 0.472. The van der Waals surface area contributed by atoms with Crippen LogP contribution in [0.3, 0.4) is 0 Å². The van der Waals surface area contributed by atoms with Crippen molar-refractivity contribution in [1.29, 1.82) is 0 Å². The predicted octanol–water partition coefficient (Wildman–Crippen LogP) is 2.24. The van der Waals surface area contributed by atoms with E-state index in [9.17, 15) is 14.5 Å². The number of H-pyrrole nitrogens is 1. The van der Waals surface area contributed by atoms with Crippen LogP contribution in [0.15, 0.2) is 11.1 Å². The Balaban J connectivity index is 1.75. The van der Waals surface area contributed by atoms with Crippen molar-refractivity contribution < 1.29 is 23.5 Å². The van der Waals surface area contributed by atoms with E-state index in [1.54, 1.807) is 11.6 Å². The number of aliphatic hydroxyl groups is 1. The second kappa shape index (κ2) is 9.57. The van der Waals surface area contributed by atoms with E-state index in [0.717, 1.165) is 12.8 Å². The van der Waals surface area contributed by atoms with Crippen molar-refractivity contribution >= 4 is 24.7 Å². The van der Waals surface area contributed by atoms with Crippen LogP contribution in [0.4, 0.5) is 5.95 Å². The van der Waals surface area contributed by atoms with Crippen molar-refractivity contribution in [2.24, 2.45) is 0 Å². The lowest BCUT2D eigenvalue weighted by Gasteiger charge is -2.26. The molecule has 2 aromatic heterocycles. The van der Waals surface area contributed by atoms with Crippen LogP contribution in [0.2, 0.25) is 0 Å². The second-order valence-corrected chi connectivity index (χ2v) is 9.72. The third-order valence-electron chi connectivity index (χ3n) is 5.40. The summed E-state index contributed by atoms with van der Waals surface area (Å²) in [5.41, 5.74) is -0.0427. The van der Waals surface area contributed by atoms with Crippen molar-refractivity contribution in [3.05, 3.63) is 16.7 Å². The maximum atomic E-state index is 13.1. The average Bonchev–Trinajstić information content (AvgIpc) is 3.33. The molecule has 5 atom stereocenters. The van der Waals surface area contributed by atoms with Crippen LogP contribution >= 0.6 is 7.60 Å². The Morgan fingerprint density at radius 1 is 1.50 bits per heavy atom. The van der Waals surface area contributed by atoms with Crippen molar-refractivity contribution in [2.75, 3.05) is 26.1 Å². The summed E-state index contributed by atoms with van der Waals surface area (Å²) in [6, 6.07) is 0. The molecule has 2 aromatic rings. The van der Waals surface area contributed by atoms with E-state index in [-0.39, 0.29) is 29.8 Å². The van der Waals surface area contributed by atoms with Gasteiger partial charge in [0.2, 0.25) is 5.95 Å². The summed E-state index contributed by atoms with van der Waals surface area (Å²) in [5, 5.41) is 13.3. The normalized spacial score (nSPS) is 24.8. The molecule has 30 heavy (non-hydrogen) atoms. The fourth-order valence-corrected chi connectivity index (χ4v) is 5.69. The summed E-state index contributed by atoms with van der Waals surface area (Å²) < 4.78 is 31.6. The molecule has 3 unspecified atom stereocenters. The van der Waals surface area contributed by atoms with E-state index in [2.05, 4.69) is 20.3 Å². The molecule has 1 aliphatic heterocycles. The molecule has 1 fully saturated rings. The molecule has 3 heterocycles. The molecule has 3 N–H and O–H groups in total. The minimum Gasteiger partial charge on any atom is -0.390 e. The summed E-state index contributed by atoms with van der Waals surface area (Å²) in [4.78, 5) is 23.2. The number of aliphatic hydroxyl groups excluding tert-OH is 1. The van der Waals surface area contributed by atoms with Gasteiger partial charge < -0.3 is 24.2 Å². The van der Waals surface area contributed by atoms with Crippen molar-refractivity contribution in [1.82, 2.24) is 19.5 Å². The van der Waals surface area contributed by atoms with Gasteiger partial charge in [-0.05, 0) is 12.8 Å². The summed E-state index contributed by atoms with van der Waals surface area (Å²) in [6.45, 7) is 3.90. The van der Waals surface area contributed by atoms with Crippen LogP contribution in [0.5, 0.6) is 0 Å². The number of aromatic nitrogens is 4. The van der Waals surface area contributed by atoms with Crippen molar-refractivity contribution in [3.63, 3.8) is 0 Å². The number of nitrogens with zero attached hydrogens (tertiary/aromatic N) is 3. The molecule has 11 nitrogen and oxygen atoms in total. The molecule has 0 bridgehead atoms. The van der Waals surface area contributed by atoms with Crippen LogP contribution in [0.1, 0.15) is 45.8 Å². The average molecular weight is 443 g/mol. The van der Waals surface area contributed by atoms with Gasteiger partial charge >= 0.3 is 7.60 Å². The van der Waals surface area contributed by atoms with Gasteiger partial charge in [-0.2, -0.15) is 4.98 Å². The standard InChI is InChI=1S/C18H30N5O6P/c1-5-7-11(6-2)30(26,27-4)28-9-13-12(24)8-14(29-13)23-10-20-15-16(23)21-18(19-3)22-17(15)25/h10-14,24H,5-9H2,1-4H3,(H2,19,21,22,25)/t11?,12-,13?,14-,30?/m1/s1. The van der Waals surface area contributed by atoms with Gasteiger partial charge in [0.05, 0.1) is 24.7 Å². The maximum absolute atomic E-state index is 13.1. The van der Waals surface area contributed by atoms with Gasteiger partial charge in [0, 0.05) is 20.6 Å². The number of imidazole rings is 1. The van der Waals surface area contributed by atoms with Gasteiger partial charge in [0.15, 0.2) is 11.2 Å². The number of anilines is 1. The smallest absolute Gasteiger partial charge is 0.333 e. The van der Waals surface area contributed by atoms with Gasteiger partial charge in [-0.3, -0.25) is 18.9 Å². The van der Waals surface area contributed by atoms with Crippen LogP contribution in [0.25, 0.3) is 11.2 Å². The largest absolute Gasteiger partial charge is 0.390 e. The number of aromatic amines is 1. The molecule has 168 valence electrons. The van der Waals surface area contributed by atoms with E-state index < -0.39 is 26.0 Å². The highest BCUT2D eigenvalue weighted by Gasteiger charge is 2.40. The maximum Gasteiger partial charge on any atom is 0.333 e. The van der Waals surface area contributed by atoms with E-state index in [1.807, 2.05) is 13.8 Å². The van der Waals surface area contributed by atoms with Gasteiger partial charge in [0.1, 0.15) is 12.3 Å². The number of fused-ring (bicyclic) bond motifs is 1. The zero-order valence-electron chi connectivity index (χ0n) is 17.7. The SMILES string of the molecule is CCCC(CC)P(=O)(OC)OCC1O[C@@H](n2cnc3c(=O)[nH]c(NC)nc32)C[C@H]1O. The first-order valence-corrected chi connectivity index (χ1v) is 11.8. The first-order chi connectivity index (χ1) is 14.4. The predicted molar refractivity (Wildman–Crippen MR) is 112 cm³/mol. The summed E-state index contributed by atoms with van der Waals surface area (Å²) in [5.74, 6) is 0.301. The van der Waals surface area contributed by atoms with Crippen molar-refractivity contribution in [2.45, 2.75) is 63.6 Å². The van der Waals surface area contributed by atoms with Gasteiger partial charge in [-0.1, -0.05) is 20.3 Å². The number of hydrogen-bond donors (Lipinski definition) is 3. The molecule has 1 aliphatic rings. The summed E-state index contributed by atoms with van der Waals surface area (Å²) in [7, 11) is -0.292. The first kappa shape index (κ1) is 22.9. The van der Waals surface area contributed by atoms with E-state index >= 15 is 0 Å². The lowest BCUT2D eigenvalue weighted by Crippen LogP contribution is -2.27. The lowest BCUT2D eigenvalue weighted by molar-refractivity contribution is -0.0405. The Labute approximate surface area is 174 Å². The molecular formula is C18H30N5O6P. The van der Waals surface area contributed by atoms with Crippen LogP contribution in [-0.4, -0.2) is 63.3 Å². The minimum atomic E-state index is -3.32. The molecule has 1 saturated heterocycles. The number of rotatable bonds is 10. The first-order valence-electron chi connectivity index (χ1n) is 10.1. The number of ether oxygens (including phenoxy) is 1. The second-order valence-electron chi connectivity index (χ2n) is 7.29. The summed E-state index contributed by atoms with van der Waals surface area (Å²) >= 11 is 0. The van der Waals surface area contributed by atoms with Gasteiger partial charge in [-0.15, -0.1) is 0 Å². The molecule has 0 saturated carbocycles. The van der Waals surface area contributed by atoms with Crippen molar-refractivity contribution in [3.8, 4) is 0 Å². The zero-order valence-corrected chi connectivity index (χ0v) is 18.6. The summed E-state index contributed by atoms with van der Waals surface area (Å²) in [6.07, 6.45) is 1.87. The zero-order chi connectivity index (χ0) is 21.9. The third-order valence-corrected chi connectivity index (χ3v) is 7.93. The Morgan fingerprint density at radius 3 is 2.90 bits per heavy atom. The highest BCUT2D eigenvalue weighted by atomic mass is 31.2. The molecule has 0 aromatic carbocycles. The Hall–Kier alpha value is -1.78. The highest BCUT2D eigenvalue weighted by molar-refractivity contribution is 7.54. The van der Waals surface area contributed by atoms with E-state index in [0.29, 0.717) is 18.0 Å². The van der Waals surface area contributed by atoms with Crippen LogP contribution in [-0.2, 0) is 18.3 Å². The molecular weight excluding hydrogens is 413 g/mol. The Kier molecular flexibility index (Phi) is 7.30. The Morgan fingerprint density at radius 2 is 2.27 bits per heavy atom. The number of hydrogen-bond acceptors (Lipinski definition) is 9. The molecule has 0 radical (unpaired) electrons. The molecule has 0 aliphatic carbocycles. The highest BCUT2D eigenvalue weighted by Crippen LogP contribution is 2.55. The minimum absolute atomic E-state index is 0.0641.